The molecule has 3 N–H and O–H groups in total. The Morgan fingerprint density at radius 3 is 2.41 bits per heavy atom. The van der Waals surface area contributed by atoms with Crippen LogP contribution in [-0.2, 0) is 17.6 Å². The normalized spacial score (nSPS) is 18.8. The maximum atomic E-state index is 11.8. The Morgan fingerprint density at radius 2 is 1.78 bits per heavy atom. The number of hydrogen-bond acceptors (Lipinski definition) is 3. The fourth-order valence-electron chi connectivity index (χ4n) is 3.21. The molecule has 0 fully saturated rings. The predicted molar refractivity (Wildman–Crippen MR) is 108 cm³/mol. The number of benzene rings is 2. The molecule has 3 unspecified atom stereocenters. The molecule has 4 heteroatoms. The van der Waals surface area contributed by atoms with Gasteiger partial charge >= 0.3 is 0 Å². The number of carbonyl (C=O) groups is 1. The second kappa shape index (κ2) is 10.9. The smallest absolute Gasteiger partial charge is 0.220 e. The number of amides is 1. The zero-order valence-corrected chi connectivity index (χ0v) is 16.3. The average Bonchev–Trinajstić information content (AvgIpc) is 3.02. The van der Waals surface area contributed by atoms with E-state index in [0.29, 0.717) is 25.7 Å². The summed E-state index contributed by atoms with van der Waals surface area (Å²) in [6, 6.07) is 17.9. The van der Waals surface area contributed by atoms with Crippen LogP contribution in [-0.4, -0.2) is 28.3 Å². The van der Waals surface area contributed by atoms with Crippen molar-refractivity contribution in [3.63, 3.8) is 0 Å². The molecule has 0 aliphatic heterocycles. The molecule has 146 valence electrons. The second-order valence-corrected chi connectivity index (χ2v) is 6.96. The minimum absolute atomic E-state index is 0.117. The molecular formula is C23H31NO3. The lowest BCUT2D eigenvalue weighted by Gasteiger charge is -2.18. The molecule has 27 heavy (non-hydrogen) atoms. The molecule has 3 rings (SSSR count). The molecule has 3 atom stereocenters. The van der Waals surface area contributed by atoms with Crippen LogP contribution >= 0.6 is 0 Å². The van der Waals surface area contributed by atoms with Crippen LogP contribution in [0.2, 0.25) is 0 Å². The van der Waals surface area contributed by atoms with Gasteiger partial charge in [0.1, 0.15) is 0 Å². The summed E-state index contributed by atoms with van der Waals surface area (Å²) >= 11 is 0. The van der Waals surface area contributed by atoms with Crippen molar-refractivity contribution in [1.29, 1.82) is 0 Å². The highest BCUT2D eigenvalue weighted by Gasteiger charge is 2.31. The van der Waals surface area contributed by atoms with E-state index in [1.165, 1.54) is 5.56 Å². The summed E-state index contributed by atoms with van der Waals surface area (Å²) in [5.74, 6) is -0.117. The van der Waals surface area contributed by atoms with E-state index in [2.05, 4.69) is 36.5 Å². The van der Waals surface area contributed by atoms with Gasteiger partial charge in [0.2, 0.25) is 5.91 Å². The summed E-state index contributed by atoms with van der Waals surface area (Å²) in [6.45, 7) is 4.05. The van der Waals surface area contributed by atoms with Gasteiger partial charge < -0.3 is 15.5 Å². The Balaban J connectivity index is 0.000000273. The highest BCUT2D eigenvalue weighted by atomic mass is 16.3. The zero-order valence-electron chi connectivity index (χ0n) is 16.3. The van der Waals surface area contributed by atoms with Gasteiger partial charge in [0.25, 0.3) is 0 Å². The van der Waals surface area contributed by atoms with Crippen molar-refractivity contribution >= 4 is 5.91 Å². The van der Waals surface area contributed by atoms with Crippen LogP contribution < -0.4 is 5.32 Å². The van der Waals surface area contributed by atoms with E-state index >= 15 is 0 Å². The van der Waals surface area contributed by atoms with E-state index < -0.39 is 12.2 Å². The van der Waals surface area contributed by atoms with Gasteiger partial charge in [-0.1, -0.05) is 68.4 Å². The standard InChI is InChI=1S/C15H21NO3.C8H10/c1-2-11(17)7-8-14(19)16-15-12-6-4-3-5-10(12)9-13(15)18;1-2-8-6-4-3-5-7-8/h3-6,11,13,15,17-18H,2,7-9H2,1H3,(H,16,19);3-7H,2H2,1H3. The fourth-order valence-corrected chi connectivity index (χ4v) is 3.21. The number of nitrogens with one attached hydrogen (secondary N) is 1. The largest absolute Gasteiger partial charge is 0.393 e. The summed E-state index contributed by atoms with van der Waals surface area (Å²) in [4.78, 5) is 11.8. The number of aryl methyl sites for hydroxylation is 1. The monoisotopic (exact) mass is 369 g/mol. The Morgan fingerprint density at radius 1 is 1.11 bits per heavy atom. The number of aliphatic hydroxyl groups is 2. The number of fused-ring (bicyclic) bond motifs is 1. The molecule has 2 aromatic rings. The van der Waals surface area contributed by atoms with Gasteiger partial charge in [0.15, 0.2) is 0 Å². The molecule has 0 saturated heterocycles. The van der Waals surface area contributed by atoms with Gasteiger partial charge in [-0.15, -0.1) is 0 Å². The molecule has 1 aliphatic carbocycles. The Hall–Kier alpha value is -2.17. The minimum atomic E-state index is -0.558. The third kappa shape index (κ3) is 6.49. The van der Waals surface area contributed by atoms with Crippen LogP contribution in [0, 0.1) is 0 Å². The Bertz CT molecular complexity index is 702. The molecule has 0 bridgehead atoms. The molecule has 1 amide bonds. The van der Waals surface area contributed by atoms with Gasteiger partial charge in [-0.25, -0.2) is 0 Å². The zero-order chi connectivity index (χ0) is 19.6. The quantitative estimate of drug-likeness (QED) is 0.729. The first-order chi connectivity index (χ1) is 13.0. The van der Waals surface area contributed by atoms with Crippen molar-refractivity contribution in [2.45, 2.75) is 64.2 Å². The first-order valence-corrected chi connectivity index (χ1v) is 9.82. The first-order valence-electron chi connectivity index (χ1n) is 9.82. The summed E-state index contributed by atoms with van der Waals surface area (Å²) in [6.07, 6.45) is 2.15. The SMILES string of the molecule is CCC(O)CCC(=O)NC1c2ccccc2CC1O.CCc1ccccc1. The number of aliphatic hydroxyl groups excluding tert-OH is 2. The van der Waals surface area contributed by atoms with Crippen LogP contribution in [0.15, 0.2) is 54.6 Å². The van der Waals surface area contributed by atoms with E-state index in [4.69, 9.17) is 0 Å². The van der Waals surface area contributed by atoms with Crippen LogP contribution in [0.5, 0.6) is 0 Å². The van der Waals surface area contributed by atoms with E-state index in [1.54, 1.807) is 0 Å². The van der Waals surface area contributed by atoms with Crippen molar-refractivity contribution in [3.8, 4) is 0 Å². The van der Waals surface area contributed by atoms with Crippen LogP contribution in [0.1, 0.15) is 55.8 Å². The molecule has 0 spiro atoms. The molecule has 0 saturated carbocycles. The predicted octanol–water partition coefficient (Wildman–Crippen LogP) is 3.56. The van der Waals surface area contributed by atoms with Crippen LogP contribution in [0.3, 0.4) is 0 Å². The molecule has 4 nitrogen and oxygen atoms in total. The second-order valence-electron chi connectivity index (χ2n) is 6.96. The Labute approximate surface area is 162 Å². The van der Waals surface area contributed by atoms with Gasteiger partial charge in [-0.2, -0.15) is 0 Å². The lowest BCUT2D eigenvalue weighted by molar-refractivity contribution is -0.123. The third-order valence-corrected chi connectivity index (χ3v) is 4.95. The first kappa shape index (κ1) is 21.1. The summed E-state index contributed by atoms with van der Waals surface area (Å²) < 4.78 is 0. The van der Waals surface area contributed by atoms with Gasteiger partial charge in [0.05, 0.1) is 18.2 Å². The molecule has 2 aromatic carbocycles. The lowest BCUT2D eigenvalue weighted by atomic mass is 10.1. The highest BCUT2D eigenvalue weighted by molar-refractivity contribution is 5.76. The van der Waals surface area contributed by atoms with Crippen molar-refractivity contribution < 1.29 is 15.0 Å². The average molecular weight is 370 g/mol. The molecule has 0 radical (unpaired) electrons. The maximum absolute atomic E-state index is 11.8. The van der Waals surface area contributed by atoms with Gasteiger partial charge in [-0.3, -0.25) is 4.79 Å². The van der Waals surface area contributed by atoms with Gasteiger partial charge in [0, 0.05) is 12.8 Å². The molecule has 1 aliphatic rings. The van der Waals surface area contributed by atoms with Crippen molar-refractivity contribution in [2.75, 3.05) is 0 Å². The maximum Gasteiger partial charge on any atom is 0.220 e. The number of hydrogen-bond donors (Lipinski definition) is 3. The van der Waals surface area contributed by atoms with E-state index in [1.807, 2.05) is 37.3 Å². The van der Waals surface area contributed by atoms with Crippen molar-refractivity contribution in [1.82, 2.24) is 5.32 Å². The van der Waals surface area contributed by atoms with Crippen molar-refractivity contribution in [3.05, 3.63) is 71.3 Å². The Kier molecular flexibility index (Phi) is 8.49. The van der Waals surface area contributed by atoms with E-state index in [0.717, 1.165) is 17.5 Å². The topological polar surface area (TPSA) is 69.6 Å². The summed E-state index contributed by atoms with van der Waals surface area (Å²) in [5.41, 5.74) is 3.50. The molecule has 0 heterocycles. The molecule has 0 aromatic heterocycles. The van der Waals surface area contributed by atoms with Crippen molar-refractivity contribution in [2.24, 2.45) is 0 Å². The van der Waals surface area contributed by atoms with Gasteiger partial charge in [-0.05, 0) is 36.0 Å². The van der Waals surface area contributed by atoms with E-state index in [-0.39, 0.29) is 11.9 Å². The van der Waals surface area contributed by atoms with Crippen LogP contribution in [0.25, 0.3) is 0 Å². The fraction of sp³-hybridized carbons (Fsp3) is 0.435. The number of rotatable bonds is 6. The highest BCUT2D eigenvalue weighted by Crippen LogP contribution is 2.31. The summed E-state index contributed by atoms with van der Waals surface area (Å²) in [7, 11) is 0. The molecular weight excluding hydrogens is 338 g/mol. The van der Waals surface area contributed by atoms with E-state index in [9.17, 15) is 15.0 Å². The minimum Gasteiger partial charge on any atom is -0.393 e. The van der Waals surface area contributed by atoms with Crippen LogP contribution in [0.4, 0.5) is 0 Å². The number of carbonyl (C=O) groups excluding carboxylic acids is 1. The summed E-state index contributed by atoms with van der Waals surface area (Å²) in [5, 5.41) is 22.3. The lowest BCUT2D eigenvalue weighted by Crippen LogP contribution is -2.34. The third-order valence-electron chi connectivity index (χ3n) is 4.95.